The molecule has 0 saturated carbocycles. The number of nitrogens with one attached hydrogen (secondary N) is 1. The van der Waals surface area contributed by atoms with Crippen LogP contribution >= 0.6 is 0 Å². The van der Waals surface area contributed by atoms with E-state index in [-0.39, 0.29) is 12.3 Å². The van der Waals surface area contributed by atoms with Gasteiger partial charge in [0, 0.05) is 25.6 Å². The van der Waals surface area contributed by atoms with Crippen LogP contribution in [0.1, 0.15) is 30.5 Å². The average molecular weight is 405 g/mol. The van der Waals surface area contributed by atoms with Gasteiger partial charge in [0.15, 0.2) is 0 Å². The van der Waals surface area contributed by atoms with Gasteiger partial charge in [-0.1, -0.05) is 30.3 Å². The lowest BCUT2D eigenvalue weighted by atomic mass is 10.2. The molecule has 0 atom stereocenters. The topological polar surface area (TPSA) is 104 Å². The molecular formula is C21H23N7O2. The number of aryl methyl sites for hydroxylation is 3. The molecule has 1 N–H and O–H groups in total. The fourth-order valence-corrected chi connectivity index (χ4v) is 3.15. The maximum atomic E-state index is 12.3. The summed E-state index contributed by atoms with van der Waals surface area (Å²) in [6, 6.07) is 11.9. The zero-order valence-electron chi connectivity index (χ0n) is 16.9. The molecule has 1 aromatic carbocycles. The molecule has 9 nitrogen and oxygen atoms in total. The summed E-state index contributed by atoms with van der Waals surface area (Å²) in [6.07, 6.45) is 4.04. The lowest BCUT2D eigenvalue weighted by Gasteiger charge is -2.02. The van der Waals surface area contributed by atoms with Crippen molar-refractivity contribution in [1.29, 1.82) is 0 Å². The number of nitrogens with zero attached hydrogens (tertiary/aromatic N) is 6. The maximum absolute atomic E-state index is 12.3. The van der Waals surface area contributed by atoms with Gasteiger partial charge in [0.2, 0.25) is 11.8 Å². The molecule has 0 aliphatic heterocycles. The summed E-state index contributed by atoms with van der Waals surface area (Å²) in [5.41, 5.74) is 3.47. The third-order valence-electron chi connectivity index (χ3n) is 4.56. The molecule has 154 valence electrons. The Labute approximate surface area is 173 Å². The molecule has 0 unspecified atom stereocenters. The molecule has 0 radical (unpaired) electrons. The normalized spacial score (nSPS) is 11.0. The van der Waals surface area contributed by atoms with Gasteiger partial charge < -0.3 is 9.73 Å². The first-order chi connectivity index (χ1) is 14.6. The number of amides is 1. The molecular weight excluding hydrogens is 382 g/mol. The second-order valence-corrected chi connectivity index (χ2v) is 6.95. The highest BCUT2D eigenvalue weighted by molar-refractivity contribution is 5.90. The molecule has 0 spiro atoms. The number of carbonyl (C=O) groups is 1. The highest BCUT2D eigenvalue weighted by Crippen LogP contribution is 2.19. The summed E-state index contributed by atoms with van der Waals surface area (Å²) < 4.78 is 9.31. The van der Waals surface area contributed by atoms with E-state index < -0.39 is 0 Å². The molecule has 30 heavy (non-hydrogen) atoms. The SMILES string of the molecule is CCn1nc(C)cc1-c1nnc(CCC(=O)Nc2cnn(Cc3ccccc3)c2)o1. The smallest absolute Gasteiger partial charge is 0.265 e. The Bertz CT molecular complexity index is 1130. The van der Waals surface area contributed by atoms with Crippen molar-refractivity contribution in [3.05, 3.63) is 65.9 Å². The molecule has 0 aliphatic rings. The van der Waals surface area contributed by atoms with E-state index in [1.54, 1.807) is 10.9 Å². The van der Waals surface area contributed by atoms with Gasteiger partial charge in [-0.3, -0.25) is 14.2 Å². The Hall–Kier alpha value is -3.75. The Balaban J connectivity index is 1.31. The van der Waals surface area contributed by atoms with E-state index in [0.717, 1.165) is 17.0 Å². The number of aromatic nitrogens is 6. The first-order valence-corrected chi connectivity index (χ1v) is 9.84. The van der Waals surface area contributed by atoms with E-state index >= 15 is 0 Å². The van der Waals surface area contributed by atoms with E-state index in [9.17, 15) is 4.79 Å². The molecule has 0 bridgehead atoms. The molecule has 3 aromatic heterocycles. The first kappa shape index (κ1) is 19.6. The van der Waals surface area contributed by atoms with Crippen LogP contribution in [-0.2, 0) is 24.3 Å². The van der Waals surface area contributed by atoms with Crippen LogP contribution in [-0.4, -0.2) is 35.7 Å². The average Bonchev–Trinajstić information content (AvgIpc) is 3.47. The number of carbonyl (C=O) groups excluding carboxylic acids is 1. The maximum Gasteiger partial charge on any atom is 0.265 e. The third kappa shape index (κ3) is 4.62. The van der Waals surface area contributed by atoms with Gasteiger partial charge in [0.25, 0.3) is 5.89 Å². The quantitative estimate of drug-likeness (QED) is 0.483. The predicted octanol–water partition coefficient (Wildman–Crippen LogP) is 3.08. The van der Waals surface area contributed by atoms with E-state index in [2.05, 4.69) is 25.7 Å². The highest BCUT2D eigenvalue weighted by atomic mass is 16.4. The van der Waals surface area contributed by atoms with Gasteiger partial charge in [0.1, 0.15) is 5.69 Å². The van der Waals surface area contributed by atoms with Crippen molar-refractivity contribution in [1.82, 2.24) is 29.8 Å². The van der Waals surface area contributed by atoms with Crippen LogP contribution in [0.3, 0.4) is 0 Å². The van der Waals surface area contributed by atoms with Crippen molar-refractivity contribution in [2.75, 3.05) is 5.32 Å². The molecule has 1 amide bonds. The minimum atomic E-state index is -0.136. The van der Waals surface area contributed by atoms with E-state index in [1.165, 1.54) is 0 Å². The molecule has 9 heteroatoms. The minimum absolute atomic E-state index is 0.136. The lowest BCUT2D eigenvalue weighted by Crippen LogP contribution is -2.12. The molecule has 0 fully saturated rings. The minimum Gasteiger partial charge on any atom is -0.419 e. The van der Waals surface area contributed by atoms with Crippen LogP contribution in [0, 0.1) is 6.92 Å². The zero-order valence-corrected chi connectivity index (χ0v) is 16.9. The number of anilines is 1. The first-order valence-electron chi connectivity index (χ1n) is 9.84. The van der Waals surface area contributed by atoms with Crippen LogP contribution in [0.2, 0.25) is 0 Å². The van der Waals surface area contributed by atoms with Crippen molar-refractivity contribution in [3.63, 3.8) is 0 Å². The van der Waals surface area contributed by atoms with Gasteiger partial charge in [-0.25, -0.2) is 0 Å². The number of rotatable bonds is 8. The molecule has 4 aromatic rings. The lowest BCUT2D eigenvalue weighted by molar-refractivity contribution is -0.116. The Morgan fingerprint density at radius 1 is 1.20 bits per heavy atom. The van der Waals surface area contributed by atoms with Crippen molar-refractivity contribution in [2.24, 2.45) is 0 Å². The van der Waals surface area contributed by atoms with E-state index in [0.29, 0.717) is 37.0 Å². The predicted molar refractivity (Wildman–Crippen MR) is 111 cm³/mol. The number of benzene rings is 1. The fourth-order valence-electron chi connectivity index (χ4n) is 3.15. The summed E-state index contributed by atoms with van der Waals surface area (Å²) in [6.45, 7) is 5.27. The standard InChI is InChI=1S/C21H23N7O2/c1-3-28-18(11-15(2)26-28)21-25-24-20(30-21)10-9-19(29)23-17-12-22-27(14-17)13-16-7-5-4-6-8-16/h4-8,11-12,14H,3,9-10,13H2,1-2H3,(H,23,29). The number of hydrogen-bond donors (Lipinski definition) is 1. The van der Waals surface area contributed by atoms with E-state index in [4.69, 9.17) is 4.42 Å². The van der Waals surface area contributed by atoms with Gasteiger partial charge in [-0.05, 0) is 25.5 Å². The van der Waals surface area contributed by atoms with Crippen molar-refractivity contribution in [2.45, 2.75) is 39.8 Å². The number of hydrogen-bond acceptors (Lipinski definition) is 6. The van der Waals surface area contributed by atoms with Crippen molar-refractivity contribution in [3.8, 4) is 11.6 Å². The van der Waals surface area contributed by atoms with Crippen molar-refractivity contribution >= 4 is 11.6 Å². The van der Waals surface area contributed by atoms with Gasteiger partial charge in [-0.15, -0.1) is 10.2 Å². The summed E-state index contributed by atoms with van der Waals surface area (Å²) in [5, 5.41) is 19.7. The van der Waals surface area contributed by atoms with Crippen LogP contribution in [0.5, 0.6) is 0 Å². The summed E-state index contributed by atoms with van der Waals surface area (Å²) >= 11 is 0. The zero-order chi connectivity index (χ0) is 20.9. The monoisotopic (exact) mass is 405 g/mol. The largest absolute Gasteiger partial charge is 0.419 e. The molecule has 4 rings (SSSR count). The second kappa shape index (κ2) is 8.73. The van der Waals surface area contributed by atoms with E-state index in [1.807, 2.05) is 61.1 Å². The molecule has 0 saturated heterocycles. The Morgan fingerprint density at radius 3 is 2.83 bits per heavy atom. The van der Waals surface area contributed by atoms with Gasteiger partial charge in [-0.2, -0.15) is 10.2 Å². The highest BCUT2D eigenvalue weighted by Gasteiger charge is 2.15. The van der Waals surface area contributed by atoms with Crippen LogP contribution in [0.4, 0.5) is 5.69 Å². The summed E-state index contributed by atoms with van der Waals surface area (Å²) in [7, 11) is 0. The second-order valence-electron chi connectivity index (χ2n) is 6.95. The Kier molecular flexibility index (Phi) is 5.69. The van der Waals surface area contributed by atoms with Gasteiger partial charge in [0.05, 0.1) is 24.1 Å². The Morgan fingerprint density at radius 2 is 2.03 bits per heavy atom. The third-order valence-corrected chi connectivity index (χ3v) is 4.56. The molecule has 3 heterocycles. The fraction of sp³-hybridized carbons (Fsp3) is 0.286. The van der Waals surface area contributed by atoms with Crippen LogP contribution < -0.4 is 5.32 Å². The van der Waals surface area contributed by atoms with Crippen molar-refractivity contribution < 1.29 is 9.21 Å². The summed E-state index contributed by atoms with van der Waals surface area (Å²) in [4.78, 5) is 12.3. The summed E-state index contributed by atoms with van der Waals surface area (Å²) in [5.74, 6) is 0.694. The van der Waals surface area contributed by atoms with Crippen LogP contribution in [0.25, 0.3) is 11.6 Å². The van der Waals surface area contributed by atoms with Crippen LogP contribution in [0.15, 0.2) is 53.2 Å². The van der Waals surface area contributed by atoms with Gasteiger partial charge >= 0.3 is 0 Å². The molecule has 0 aliphatic carbocycles.